The maximum Gasteiger partial charge on any atom is 0.102 e. The van der Waals surface area contributed by atoms with Crippen molar-refractivity contribution in [2.45, 2.75) is 12.5 Å². The van der Waals surface area contributed by atoms with Crippen LogP contribution in [0.15, 0.2) is 23.2 Å². The molecule has 0 aliphatic carbocycles. The Morgan fingerprint density at radius 1 is 1.64 bits per heavy atom. The minimum Gasteiger partial charge on any atom is -0.386 e. The Hall–Kier alpha value is -1.20. The van der Waals surface area contributed by atoms with E-state index < -0.39 is 6.10 Å². The largest absolute Gasteiger partial charge is 0.386 e. The highest BCUT2D eigenvalue weighted by Gasteiger charge is 2.11. The molecule has 0 fully saturated rings. The third-order valence-electron chi connectivity index (χ3n) is 1.96. The molecule has 0 aliphatic rings. The lowest BCUT2D eigenvalue weighted by molar-refractivity contribution is 0.173. The summed E-state index contributed by atoms with van der Waals surface area (Å²) in [5, 5.41) is 15.8. The van der Waals surface area contributed by atoms with Gasteiger partial charge in [0.15, 0.2) is 0 Å². The molecule has 2 rings (SSSR count). The van der Waals surface area contributed by atoms with Gasteiger partial charge in [-0.25, -0.2) is 4.98 Å². The molecule has 1 atom stereocenters. The van der Waals surface area contributed by atoms with Gasteiger partial charge in [-0.3, -0.25) is 4.68 Å². The van der Waals surface area contributed by atoms with Crippen LogP contribution in [0.1, 0.15) is 17.5 Å². The lowest BCUT2D eigenvalue weighted by Gasteiger charge is -2.04. The van der Waals surface area contributed by atoms with E-state index in [1.165, 1.54) is 11.3 Å². The van der Waals surface area contributed by atoms with Crippen molar-refractivity contribution in [3.8, 4) is 0 Å². The molecule has 0 aliphatic heterocycles. The van der Waals surface area contributed by atoms with Gasteiger partial charge >= 0.3 is 0 Å². The van der Waals surface area contributed by atoms with Crippen LogP contribution in [0, 0.1) is 0 Å². The molecule has 2 heterocycles. The van der Waals surface area contributed by atoms with E-state index in [2.05, 4.69) is 10.1 Å². The van der Waals surface area contributed by atoms with Gasteiger partial charge in [-0.05, 0) is 6.07 Å². The summed E-state index contributed by atoms with van der Waals surface area (Å²) >= 11 is 1.49. The summed E-state index contributed by atoms with van der Waals surface area (Å²) in [6, 6.07) is 1.90. The van der Waals surface area contributed by atoms with Gasteiger partial charge in [0.25, 0.3) is 0 Å². The van der Waals surface area contributed by atoms with Gasteiger partial charge in [0.05, 0.1) is 16.9 Å². The fraction of sp³-hybridized carbons (Fsp3) is 0.333. The van der Waals surface area contributed by atoms with Gasteiger partial charge in [-0.15, -0.1) is 11.3 Å². The van der Waals surface area contributed by atoms with E-state index in [1.54, 1.807) is 10.2 Å². The number of hydrogen-bond acceptors (Lipinski definition) is 4. The second-order valence-corrected chi connectivity index (χ2v) is 3.83. The first-order valence-electron chi connectivity index (χ1n) is 4.30. The summed E-state index contributed by atoms with van der Waals surface area (Å²) < 4.78 is 1.73. The normalized spacial score (nSPS) is 13.0. The Labute approximate surface area is 85.8 Å². The van der Waals surface area contributed by atoms with E-state index in [9.17, 15) is 5.11 Å². The van der Waals surface area contributed by atoms with E-state index in [0.717, 1.165) is 11.4 Å². The predicted octanol–water partition coefficient (Wildman–Crippen LogP) is 1.15. The molecule has 2 aromatic heterocycles. The molecule has 5 heteroatoms. The average Bonchev–Trinajstić information content (AvgIpc) is 2.75. The second kappa shape index (κ2) is 3.89. The van der Waals surface area contributed by atoms with Crippen LogP contribution in [0.2, 0.25) is 0 Å². The SMILES string of the molecule is Cn1ccc(CC(O)c2cscn2)n1. The molecule has 0 saturated carbocycles. The summed E-state index contributed by atoms with van der Waals surface area (Å²) in [5.41, 5.74) is 3.32. The third-order valence-corrected chi connectivity index (χ3v) is 2.57. The highest BCUT2D eigenvalue weighted by atomic mass is 32.1. The maximum absolute atomic E-state index is 9.77. The van der Waals surface area contributed by atoms with Gasteiger partial charge in [0.1, 0.15) is 6.10 Å². The second-order valence-electron chi connectivity index (χ2n) is 3.11. The lowest BCUT2D eigenvalue weighted by atomic mass is 10.1. The molecule has 0 saturated heterocycles. The summed E-state index contributed by atoms with van der Waals surface area (Å²) in [7, 11) is 1.86. The molecule has 1 N–H and O–H groups in total. The van der Waals surface area contributed by atoms with Crippen molar-refractivity contribution in [1.29, 1.82) is 0 Å². The molecule has 0 amide bonds. The number of aliphatic hydroxyl groups is 1. The number of hydrogen-bond donors (Lipinski definition) is 1. The Bertz CT molecular complexity index is 396. The van der Waals surface area contributed by atoms with Crippen molar-refractivity contribution in [3.05, 3.63) is 34.5 Å². The molecular formula is C9H11N3OS. The van der Waals surface area contributed by atoms with Crippen LogP contribution in [0.4, 0.5) is 0 Å². The number of aryl methyl sites for hydroxylation is 1. The third kappa shape index (κ3) is 2.00. The van der Waals surface area contributed by atoms with Gasteiger partial charge in [0.2, 0.25) is 0 Å². The molecule has 4 nitrogen and oxygen atoms in total. The summed E-state index contributed by atoms with van der Waals surface area (Å²) in [5.74, 6) is 0. The lowest BCUT2D eigenvalue weighted by Crippen LogP contribution is -2.03. The van der Waals surface area contributed by atoms with Crippen LogP contribution >= 0.6 is 11.3 Å². The molecule has 2 aromatic rings. The first-order chi connectivity index (χ1) is 6.75. The van der Waals surface area contributed by atoms with E-state index in [-0.39, 0.29) is 0 Å². The Morgan fingerprint density at radius 2 is 2.50 bits per heavy atom. The summed E-state index contributed by atoms with van der Waals surface area (Å²) in [4.78, 5) is 4.05. The van der Waals surface area contributed by atoms with Gasteiger partial charge in [-0.1, -0.05) is 0 Å². The molecule has 0 bridgehead atoms. The number of thiazole rings is 1. The molecule has 0 aromatic carbocycles. The maximum atomic E-state index is 9.77. The fourth-order valence-electron chi connectivity index (χ4n) is 1.26. The average molecular weight is 209 g/mol. The first kappa shape index (κ1) is 9.36. The summed E-state index contributed by atoms with van der Waals surface area (Å²) in [6.07, 6.45) is 1.84. The van der Waals surface area contributed by atoms with E-state index >= 15 is 0 Å². The molecular weight excluding hydrogens is 198 g/mol. The van der Waals surface area contributed by atoms with E-state index in [0.29, 0.717) is 6.42 Å². The van der Waals surface area contributed by atoms with Crippen LogP contribution in [-0.2, 0) is 13.5 Å². The standard InChI is InChI=1S/C9H11N3OS/c1-12-3-2-7(11-12)4-9(13)8-5-14-6-10-8/h2-3,5-6,9,13H,4H2,1H3. The highest BCUT2D eigenvalue weighted by Crippen LogP contribution is 2.16. The molecule has 74 valence electrons. The molecule has 1 unspecified atom stereocenters. The van der Waals surface area contributed by atoms with Crippen molar-refractivity contribution in [2.75, 3.05) is 0 Å². The zero-order valence-electron chi connectivity index (χ0n) is 7.79. The van der Waals surface area contributed by atoms with Crippen molar-refractivity contribution in [2.24, 2.45) is 7.05 Å². The van der Waals surface area contributed by atoms with Crippen molar-refractivity contribution in [1.82, 2.24) is 14.8 Å². The van der Waals surface area contributed by atoms with Crippen molar-refractivity contribution >= 4 is 11.3 Å². The van der Waals surface area contributed by atoms with E-state index in [4.69, 9.17) is 0 Å². The minimum atomic E-state index is -0.545. The van der Waals surface area contributed by atoms with Crippen LogP contribution < -0.4 is 0 Å². The van der Waals surface area contributed by atoms with Gasteiger partial charge in [0, 0.05) is 25.0 Å². The number of nitrogens with zero attached hydrogens (tertiary/aromatic N) is 3. The Morgan fingerprint density at radius 3 is 3.07 bits per heavy atom. The van der Waals surface area contributed by atoms with Crippen LogP contribution in [0.25, 0.3) is 0 Å². The Kier molecular flexibility index (Phi) is 2.60. The van der Waals surface area contributed by atoms with E-state index in [1.807, 2.05) is 24.7 Å². The van der Waals surface area contributed by atoms with Crippen LogP contribution in [0.5, 0.6) is 0 Å². The van der Waals surface area contributed by atoms with Crippen LogP contribution in [-0.4, -0.2) is 19.9 Å². The van der Waals surface area contributed by atoms with Gasteiger partial charge < -0.3 is 5.11 Å². The Balaban J connectivity index is 2.05. The number of rotatable bonds is 3. The fourth-order valence-corrected chi connectivity index (χ4v) is 1.86. The highest BCUT2D eigenvalue weighted by molar-refractivity contribution is 7.07. The monoisotopic (exact) mass is 209 g/mol. The van der Waals surface area contributed by atoms with Crippen molar-refractivity contribution in [3.63, 3.8) is 0 Å². The topological polar surface area (TPSA) is 50.9 Å². The first-order valence-corrected chi connectivity index (χ1v) is 5.24. The predicted molar refractivity (Wildman–Crippen MR) is 54.0 cm³/mol. The zero-order valence-corrected chi connectivity index (χ0v) is 8.61. The number of aliphatic hydroxyl groups excluding tert-OH is 1. The molecule has 14 heavy (non-hydrogen) atoms. The molecule has 0 radical (unpaired) electrons. The van der Waals surface area contributed by atoms with Crippen molar-refractivity contribution < 1.29 is 5.11 Å². The zero-order chi connectivity index (χ0) is 9.97. The summed E-state index contributed by atoms with van der Waals surface area (Å²) in [6.45, 7) is 0. The quantitative estimate of drug-likeness (QED) is 0.825. The molecule has 0 spiro atoms. The smallest absolute Gasteiger partial charge is 0.102 e. The van der Waals surface area contributed by atoms with Gasteiger partial charge in [-0.2, -0.15) is 5.10 Å². The minimum absolute atomic E-state index is 0.518. The van der Waals surface area contributed by atoms with Crippen LogP contribution in [0.3, 0.4) is 0 Å². The number of aromatic nitrogens is 3.